The number of carbonyl (C=O) groups excluding carboxylic acids is 1. The summed E-state index contributed by atoms with van der Waals surface area (Å²) in [5, 5.41) is 3.48. The van der Waals surface area contributed by atoms with Gasteiger partial charge in [-0.1, -0.05) is 23.7 Å². The highest BCUT2D eigenvalue weighted by Gasteiger charge is 2.10. The van der Waals surface area contributed by atoms with Crippen LogP contribution in [0.5, 0.6) is 5.75 Å². The second kappa shape index (κ2) is 8.20. The zero-order chi connectivity index (χ0) is 20.2. The number of carbonyl (C=O) groups is 1. The van der Waals surface area contributed by atoms with Crippen molar-refractivity contribution in [1.82, 2.24) is 4.98 Å². The average Bonchev–Trinajstić information content (AvgIpc) is 3.17. The molecule has 6 heteroatoms. The molecule has 0 saturated heterocycles. The maximum atomic E-state index is 12.2. The fraction of sp³-hybridized carbons (Fsp3) is 0.0435. The number of benzene rings is 3. The Morgan fingerprint density at radius 3 is 2.55 bits per heavy atom. The van der Waals surface area contributed by atoms with Crippen LogP contribution in [-0.4, -0.2) is 18.0 Å². The third-order valence-electron chi connectivity index (χ3n) is 4.29. The van der Waals surface area contributed by atoms with Crippen molar-refractivity contribution < 1.29 is 13.9 Å². The van der Waals surface area contributed by atoms with E-state index < -0.39 is 0 Å². The van der Waals surface area contributed by atoms with Crippen LogP contribution in [-0.2, 0) is 4.79 Å². The van der Waals surface area contributed by atoms with Crippen LogP contribution in [0.4, 0.5) is 5.69 Å². The molecule has 1 N–H and O–H groups in total. The summed E-state index contributed by atoms with van der Waals surface area (Å²) in [5.41, 5.74) is 3.67. The van der Waals surface area contributed by atoms with Gasteiger partial charge in [0.1, 0.15) is 11.3 Å². The topological polar surface area (TPSA) is 64.4 Å². The van der Waals surface area contributed by atoms with Crippen LogP contribution >= 0.6 is 11.6 Å². The Morgan fingerprint density at radius 2 is 1.83 bits per heavy atom. The first-order valence-corrected chi connectivity index (χ1v) is 9.28. The van der Waals surface area contributed by atoms with Gasteiger partial charge >= 0.3 is 0 Å². The molecule has 0 unspecified atom stereocenters. The van der Waals surface area contributed by atoms with Crippen LogP contribution in [0.25, 0.3) is 28.6 Å². The quantitative estimate of drug-likeness (QED) is 0.426. The monoisotopic (exact) mass is 404 g/mol. The van der Waals surface area contributed by atoms with E-state index in [1.54, 1.807) is 37.5 Å². The summed E-state index contributed by atoms with van der Waals surface area (Å²) in [6.45, 7) is 0. The number of halogens is 1. The molecule has 0 atom stereocenters. The number of oxazole rings is 1. The summed E-state index contributed by atoms with van der Waals surface area (Å²) in [7, 11) is 1.62. The first-order chi connectivity index (χ1) is 14.1. The molecular formula is C23H17ClN2O3. The third-order valence-corrected chi connectivity index (χ3v) is 4.54. The molecule has 0 saturated carbocycles. The molecule has 1 aromatic heterocycles. The van der Waals surface area contributed by atoms with Gasteiger partial charge in [0.15, 0.2) is 5.58 Å². The minimum absolute atomic E-state index is 0.241. The lowest BCUT2D eigenvalue weighted by Crippen LogP contribution is -2.07. The van der Waals surface area contributed by atoms with Gasteiger partial charge in [-0.2, -0.15) is 0 Å². The minimum atomic E-state index is -0.241. The molecular weight excluding hydrogens is 388 g/mol. The first kappa shape index (κ1) is 18.8. The van der Waals surface area contributed by atoms with Crippen molar-refractivity contribution in [3.63, 3.8) is 0 Å². The van der Waals surface area contributed by atoms with Crippen LogP contribution in [0, 0.1) is 0 Å². The highest BCUT2D eigenvalue weighted by molar-refractivity contribution is 6.30. The molecule has 1 heterocycles. The number of fused-ring (bicyclic) bond motifs is 1. The lowest BCUT2D eigenvalue weighted by atomic mass is 10.2. The SMILES string of the molecule is COc1ccc(-c2nc3ccc(NC(=O)/C=C/c4ccc(Cl)cc4)cc3o2)cc1. The molecule has 0 spiro atoms. The highest BCUT2D eigenvalue weighted by Crippen LogP contribution is 2.27. The van der Waals surface area contributed by atoms with Crippen molar-refractivity contribution in [2.75, 3.05) is 12.4 Å². The van der Waals surface area contributed by atoms with E-state index in [1.165, 1.54) is 6.08 Å². The van der Waals surface area contributed by atoms with Crippen LogP contribution in [0.2, 0.25) is 5.02 Å². The number of hydrogen-bond donors (Lipinski definition) is 1. The van der Waals surface area contributed by atoms with Gasteiger partial charge in [-0.05, 0) is 60.2 Å². The van der Waals surface area contributed by atoms with E-state index in [9.17, 15) is 4.79 Å². The molecule has 29 heavy (non-hydrogen) atoms. The van der Waals surface area contributed by atoms with E-state index >= 15 is 0 Å². The van der Waals surface area contributed by atoms with Crippen molar-refractivity contribution in [3.8, 4) is 17.2 Å². The van der Waals surface area contributed by atoms with Gasteiger partial charge < -0.3 is 14.5 Å². The first-order valence-electron chi connectivity index (χ1n) is 8.90. The predicted octanol–water partition coefficient (Wildman–Crippen LogP) is 5.81. The van der Waals surface area contributed by atoms with Gasteiger partial charge in [-0.3, -0.25) is 4.79 Å². The van der Waals surface area contributed by atoms with Gasteiger partial charge in [0.25, 0.3) is 0 Å². The number of ether oxygens (including phenoxy) is 1. The summed E-state index contributed by atoms with van der Waals surface area (Å²) < 4.78 is 11.0. The lowest BCUT2D eigenvalue weighted by molar-refractivity contribution is -0.111. The number of anilines is 1. The smallest absolute Gasteiger partial charge is 0.248 e. The molecule has 144 valence electrons. The van der Waals surface area contributed by atoms with Crippen LogP contribution in [0.1, 0.15) is 5.56 Å². The van der Waals surface area contributed by atoms with Crippen molar-refractivity contribution in [2.45, 2.75) is 0 Å². The maximum Gasteiger partial charge on any atom is 0.248 e. The number of amides is 1. The Hall–Kier alpha value is -3.57. The Labute approximate surface area is 172 Å². The fourth-order valence-corrected chi connectivity index (χ4v) is 2.92. The van der Waals surface area contributed by atoms with Crippen molar-refractivity contribution in [2.24, 2.45) is 0 Å². The van der Waals surface area contributed by atoms with E-state index in [-0.39, 0.29) is 5.91 Å². The molecule has 4 aromatic rings. The lowest BCUT2D eigenvalue weighted by Gasteiger charge is -2.01. The summed E-state index contributed by atoms with van der Waals surface area (Å²) in [6.07, 6.45) is 3.19. The van der Waals surface area contributed by atoms with Crippen LogP contribution < -0.4 is 10.1 Å². The summed E-state index contributed by atoms with van der Waals surface area (Å²) in [6, 6.07) is 20.0. The van der Waals surface area contributed by atoms with Gasteiger partial charge in [0.2, 0.25) is 11.8 Å². The average molecular weight is 405 g/mol. The Bertz CT molecular complexity index is 1180. The molecule has 0 aliphatic carbocycles. The normalized spacial score (nSPS) is 11.1. The number of aromatic nitrogens is 1. The van der Waals surface area contributed by atoms with E-state index in [0.29, 0.717) is 27.7 Å². The fourth-order valence-electron chi connectivity index (χ4n) is 2.79. The predicted molar refractivity (Wildman–Crippen MR) is 115 cm³/mol. The largest absolute Gasteiger partial charge is 0.497 e. The molecule has 0 aliphatic rings. The Kier molecular flexibility index (Phi) is 5.31. The minimum Gasteiger partial charge on any atom is -0.497 e. The Morgan fingerprint density at radius 1 is 1.07 bits per heavy atom. The van der Waals surface area contributed by atoms with Gasteiger partial charge in [-0.15, -0.1) is 0 Å². The van der Waals surface area contributed by atoms with Crippen LogP contribution in [0.15, 0.2) is 77.2 Å². The number of hydrogen-bond acceptors (Lipinski definition) is 4. The molecule has 0 radical (unpaired) electrons. The zero-order valence-electron chi connectivity index (χ0n) is 15.6. The molecule has 1 amide bonds. The van der Waals surface area contributed by atoms with Crippen molar-refractivity contribution >= 4 is 40.4 Å². The number of methoxy groups -OCH3 is 1. The molecule has 3 aromatic carbocycles. The van der Waals surface area contributed by atoms with Gasteiger partial charge in [-0.25, -0.2) is 4.98 Å². The molecule has 4 rings (SSSR count). The third kappa shape index (κ3) is 4.47. The maximum absolute atomic E-state index is 12.2. The summed E-state index contributed by atoms with van der Waals surface area (Å²) >= 11 is 5.86. The highest BCUT2D eigenvalue weighted by atomic mass is 35.5. The van der Waals surface area contributed by atoms with E-state index in [4.69, 9.17) is 20.8 Å². The van der Waals surface area contributed by atoms with E-state index in [0.717, 1.165) is 16.9 Å². The van der Waals surface area contributed by atoms with Crippen molar-refractivity contribution in [1.29, 1.82) is 0 Å². The summed E-state index contributed by atoms with van der Waals surface area (Å²) in [5.74, 6) is 1.03. The summed E-state index contributed by atoms with van der Waals surface area (Å²) in [4.78, 5) is 16.7. The zero-order valence-corrected chi connectivity index (χ0v) is 16.3. The standard InChI is InChI=1S/C23H17ClN2O3/c1-28-19-10-5-16(6-11-19)23-26-20-12-9-18(14-21(20)29-23)25-22(27)13-4-15-2-7-17(24)8-3-15/h2-14H,1H3,(H,25,27)/b13-4+. The molecule has 5 nitrogen and oxygen atoms in total. The van der Waals surface area contributed by atoms with E-state index in [1.807, 2.05) is 42.5 Å². The van der Waals surface area contributed by atoms with E-state index in [2.05, 4.69) is 10.3 Å². The number of nitrogens with zero attached hydrogens (tertiary/aromatic N) is 1. The van der Waals surface area contributed by atoms with Crippen molar-refractivity contribution in [3.05, 3.63) is 83.4 Å². The Balaban J connectivity index is 1.49. The van der Waals surface area contributed by atoms with Crippen LogP contribution in [0.3, 0.4) is 0 Å². The second-order valence-corrected chi connectivity index (χ2v) is 6.74. The second-order valence-electron chi connectivity index (χ2n) is 6.30. The number of nitrogens with one attached hydrogen (secondary N) is 1. The molecule has 0 fully saturated rings. The van der Waals surface area contributed by atoms with Gasteiger partial charge in [0, 0.05) is 28.4 Å². The molecule has 0 bridgehead atoms. The van der Waals surface area contributed by atoms with Gasteiger partial charge in [0.05, 0.1) is 7.11 Å². The molecule has 0 aliphatic heterocycles. The number of rotatable bonds is 5.